The predicted octanol–water partition coefficient (Wildman–Crippen LogP) is 10.8. The Hall–Kier alpha value is -5.65. The second-order valence-electron chi connectivity index (χ2n) is 10.3. The molecule has 0 amide bonds. The van der Waals surface area contributed by atoms with Gasteiger partial charge in [-0.1, -0.05) is 127 Å². The van der Waals surface area contributed by atoms with Gasteiger partial charge in [-0.25, -0.2) is 15.0 Å². The first-order chi connectivity index (χ1) is 24.3. The molecule has 0 bridgehead atoms. The van der Waals surface area contributed by atoms with E-state index in [1.165, 1.54) is 11.3 Å². The average Bonchev–Trinajstić information content (AvgIpc) is 3.74. The van der Waals surface area contributed by atoms with Gasteiger partial charge in [-0.2, -0.15) is 0 Å². The highest BCUT2D eigenvalue weighted by Crippen LogP contribution is 2.44. The second kappa shape index (κ2) is 9.97. The lowest BCUT2D eigenvalue weighted by Gasteiger charge is -2.08. The Morgan fingerprint density at radius 3 is 1.93 bits per heavy atom. The Morgan fingerprint density at radius 2 is 1.18 bits per heavy atom. The van der Waals surface area contributed by atoms with E-state index >= 15 is 0 Å². The summed E-state index contributed by atoms with van der Waals surface area (Å²) in [7, 11) is 0. The Kier molecular flexibility index (Phi) is 4.42. The first-order valence-electron chi connectivity index (χ1n) is 17.1. The van der Waals surface area contributed by atoms with Gasteiger partial charge in [0, 0.05) is 58.8 Å². The first kappa shape index (κ1) is 19.5. The summed E-state index contributed by atoms with van der Waals surface area (Å²) in [4.78, 5) is 14.2. The van der Waals surface area contributed by atoms with Crippen molar-refractivity contribution in [3.05, 3.63) is 139 Å². The largest absolute Gasteiger partial charge is 0.455 e. The highest BCUT2D eigenvalue weighted by atomic mass is 32.1. The maximum absolute atomic E-state index is 9.49. The van der Waals surface area contributed by atoms with Crippen LogP contribution in [0.2, 0.25) is 0 Å². The van der Waals surface area contributed by atoms with Crippen LogP contribution in [0.25, 0.3) is 87.4 Å². The molecule has 0 saturated carbocycles. The van der Waals surface area contributed by atoms with Crippen LogP contribution in [0.15, 0.2) is 144 Å². The molecule has 44 heavy (non-hydrogen) atoms. The molecule has 0 aliphatic rings. The summed E-state index contributed by atoms with van der Waals surface area (Å²) < 4.78 is 62.0. The highest BCUT2D eigenvalue weighted by molar-refractivity contribution is 7.26. The van der Waals surface area contributed by atoms with Crippen LogP contribution in [0.4, 0.5) is 0 Å². The first-order valence-corrected chi connectivity index (χ1v) is 14.9. The highest BCUT2D eigenvalue weighted by Gasteiger charge is 2.18. The van der Waals surface area contributed by atoms with Crippen molar-refractivity contribution >= 4 is 53.4 Å². The Bertz CT molecular complexity index is 2780. The summed E-state index contributed by atoms with van der Waals surface area (Å²) in [5.74, 6) is 0.813. The molecule has 4 nitrogen and oxygen atoms in total. The summed E-state index contributed by atoms with van der Waals surface area (Å²) >= 11 is 1.17. The number of furan rings is 1. The number of para-hydroxylation sites is 2. The van der Waals surface area contributed by atoms with Gasteiger partial charge in [0.1, 0.15) is 11.2 Å². The normalized spacial score (nSPS) is 13.5. The maximum atomic E-state index is 9.49. The van der Waals surface area contributed by atoms with Crippen LogP contribution < -0.4 is 0 Å². The van der Waals surface area contributed by atoms with E-state index in [1.54, 1.807) is 0 Å². The fourth-order valence-corrected chi connectivity index (χ4v) is 6.71. The summed E-state index contributed by atoms with van der Waals surface area (Å²) in [6.07, 6.45) is 0. The summed E-state index contributed by atoms with van der Waals surface area (Å²) in [6, 6.07) is 30.9. The van der Waals surface area contributed by atoms with Gasteiger partial charge in [0.25, 0.3) is 0 Å². The molecule has 0 atom stereocenters. The molecule has 0 aliphatic heterocycles. The Balaban J connectivity index is 1.36. The van der Waals surface area contributed by atoms with E-state index < -0.39 is 0 Å². The van der Waals surface area contributed by atoms with E-state index in [0.29, 0.717) is 43.3 Å². The molecular formula is C39H23N3OS. The number of hydrogen-bond donors (Lipinski definition) is 0. The Morgan fingerprint density at radius 1 is 0.523 bits per heavy atom. The average molecular weight is 588 g/mol. The number of nitrogens with zero attached hydrogens (tertiary/aromatic N) is 3. The Labute approximate surface area is 265 Å². The smallest absolute Gasteiger partial charge is 0.164 e. The predicted molar refractivity (Wildman–Crippen MR) is 182 cm³/mol. The van der Waals surface area contributed by atoms with E-state index in [9.17, 15) is 4.11 Å². The van der Waals surface area contributed by atoms with Gasteiger partial charge in [-0.05, 0) is 12.1 Å². The molecule has 9 rings (SSSR count). The second-order valence-corrected chi connectivity index (χ2v) is 11.3. The molecule has 6 aromatic carbocycles. The van der Waals surface area contributed by atoms with E-state index in [4.69, 9.17) is 23.5 Å². The number of benzene rings is 6. The lowest BCUT2D eigenvalue weighted by molar-refractivity contribution is 0.670. The van der Waals surface area contributed by atoms with Gasteiger partial charge in [-0.3, -0.25) is 0 Å². The van der Waals surface area contributed by atoms with Crippen LogP contribution in [-0.4, -0.2) is 15.0 Å². The minimum absolute atomic E-state index is 0.0653. The lowest BCUT2D eigenvalue weighted by Crippen LogP contribution is -1.99. The molecule has 0 N–H and O–H groups in total. The molecule has 206 valence electrons. The third kappa shape index (κ3) is 4.02. The number of hydrogen-bond acceptors (Lipinski definition) is 5. The van der Waals surface area contributed by atoms with Gasteiger partial charge >= 0.3 is 0 Å². The quantitative estimate of drug-likeness (QED) is 0.205. The fraction of sp³-hybridized carbons (Fsp3) is 0. The molecule has 0 spiro atoms. The number of fused-ring (bicyclic) bond motifs is 6. The third-order valence-electron chi connectivity index (χ3n) is 7.66. The van der Waals surface area contributed by atoms with Crippen LogP contribution in [0, 0.1) is 0 Å². The summed E-state index contributed by atoms with van der Waals surface area (Å²) in [5.41, 5.74) is 3.72. The fourth-order valence-electron chi connectivity index (χ4n) is 5.58. The van der Waals surface area contributed by atoms with E-state index in [0.717, 1.165) is 21.9 Å². The zero-order valence-electron chi connectivity index (χ0n) is 29.0. The molecular weight excluding hydrogens is 559 g/mol. The van der Waals surface area contributed by atoms with Crippen molar-refractivity contribution < 1.29 is 12.6 Å². The topological polar surface area (TPSA) is 51.8 Å². The maximum Gasteiger partial charge on any atom is 0.164 e. The molecule has 0 unspecified atom stereocenters. The molecule has 5 heteroatoms. The third-order valence-corrected chi connectivity index (χ3v) is 8.78. The molecule has 0 saturated heterocycles. The van der Waals surface area contributed by atoms with Crippen LogP contribution >= 0.6 is 11.3 Å². The van der Waals surface area contributed by atoms with Crippen molar-refractivity contribution in [2.45, 2.75) is 0 Å². The minimum atomic E-state index is -0.306. The van der Waals surface area contributed by atoms with Gasteiger partial charge in [-0.15, -0.1) is 11.3 Å². The number of thiophene rings is 1. The molecule has 3 heterocycles. The van der Waals surface area contributed by atoms with E-state index in [1.807, 2.05) is 103 Å². The van der Waals surface area contributed by atoms with Crippen molar-refractivity contribution in [2.24, 2.45) is 0 Å². The van der Waals surface area contributed by atoms with Crippen molar-refractivity contribution in [1.29, 1.82) is 0 Å². The van der Waals surface area contributed by atoms with Crippen LogP contribution in [0.5, 0.6) is 0 Å². The lowest BCUT2D eigenvalue weighted by atomic mass is 10.00. The van der Waals surface area contributed by atoms with E-state index in [2.05, 4.69) is 0 Å². The SMILES string of the molecule is [2H]c1c([2H])c([2H])c2c(sc3c([2H])c(-c4nc(-c5ccccc5)nc(-c5ccccc5)n4)c([2H])c([2H])c32)c1-c1cccc2c1oc1ccccc12. The van der Waals surface area contributed by atoms with Crippen LogP contribution in [0.3, 0.4) is 0 Å². The standard InChI is InChI=1S/C39H23N3OS/c1-3-11-24(12-4-1)37-40-38(25-13-5-2-6-14-25)42-39(41-37)26-21-22-28-31-18-10-19-32(36(31)44-34(28)23-26)30-17-9-16-29-27-15-7-8-20-33(27)43-35(29)30/h1-23H/i10D,18D,19D,21D,22D,23D. The zero-order valence-corrected chi connectivity index (χ0v) is 23.8. The number of aromatic nitrogens is 3. The van der Waals surface area contributed by atoms with Gasteiger partial charge < -0.3 is 4.42 Å². The van der Waals surface area contributed by atoms with Crippen LogP contribution in [0.1, 0.15) is 8.22 Å². The van der Waals surface area contributed by atoms with Gasteiger partial charge in [0.05, 0.1) is 8.22 Å². The monoisotopic (exact) mass is 587 g/mol. The summed E-state index contributed by atoms with van der Waals surface area (Å²) in [6.45, 7) is 0. The van der Waals surface area contributed by atoms with Crippen LogP contribution in [-0.2, 0) is 0 Å². The van der Waals surface area contributed by atoms with Crippen molar-refractivity contribution in [1.82, 2.24) is 15.0 Å². The molecule has 0 radical (unpaired) electrons. The van der Waals surface area contributed by atoms with Gasteiger partial charge in [0.15, 0.2) is 17.5 Å². The van der Waals surface area contributed by atoms with Crippen molar-refractivity contribution in [3.8, 4) is 45.3 Å². The molecule has 9 aromatic rings. The van der Waals surface area contributed by atoms with Crippen molar-refractivity contribution in [2.75, 3.05) is 0 Å². The zero-order chi connectivity index (χ0) is 34.3. The molecule has 0 aliphatic carbocycles. The number of rotatable bonds is 4. The minimum Gasteiger partial charge on any atom is -0.455 e. The molecule has 0 fully saturated rings. The summed E-state index contributed by atoms with van der Waals surface area (Å²) in [5, 5.41) is 2.25. The molecule has 3 aromatic heterocycles. The van der Waals surface area contributed by atoms with Gasteiger partial charge in [0.2, 0.25) is 0 Å². The van der Waals surface area contributed by atoms with Crippen molar-refractivity contribution in [3.63, 3.8) is 0 Å². The van der Waals surface area contributed by atoms with E-state index in [-0.39, 0.29) is 58.4 Å².